The summed E-state index contributed by atoms with van der Waals surface area (Å²) >= 11 is 3.41. The molecule has 4 nitrogen and oxygen atoms in total. The maximum atomic E-state index is 5.05. The van der Waals surface area contributed by atoms with E-state index in [1.807, 2.05) is 13.1 Å². The van der Waals surface area contributed by atoms with Crippen LogP contribution in [0, 0.1) is 0 Å². The first-order chi connectivity index (χ1) is 7.54. The highest BCUT2D eigenvalue weighted by molar-refractivity contribution is 9.10. The van der Waals surface area contributed by atoms with Crippen molar-refractivity contribution in [2.75, 3.05) is 32.2 Å². The second-order valence-corrected chi connectivity index (χ2v) is 4.79. The molecule has 5 heteroatoms. The minimum Gasteiger partial charge on any atom is -0.383 e. The highest BCUT2D eigenvalue weighted by Crippen LogP contribution is 2.19. The third kappa shape index (κ3) is 3.72. The van der Waals surface area contributed by atoms with E-state index in [1.165, 1.54) is 0 Å². The number of halogens is 1. The predicted octanol–water partition coefficient (Wildman–Crippen LogP) is 2.45. The van der Waals surface area contributed by atoms with Crippen LogP contribution < -0.4 is 4.90 Å². The summed E-state index contributed by atoms with van der Waals surface area (Å²) in [5.41, 5.74) is 0. The minimum atomic E-state index is 0.326. The lowest BCUT2D eigenvalue weighted by atomic mass is 10.2. The smallest absolute Gasteiger partial charge is 0.134 e. The topological polar surface area (TPSA) is 38.2 Å². The van der Waals surface area contributed by atoms with Crippen molar-refractivity contribution in [2.24, 2.45) is 0 Å². The Morgan fingerprint density at radius 1 is 1.44 bits per heavy atom. The van der Waals surface area contributed by atoms with Gasteiger partial charge in [0.2, 0.25) is 0 Å². The van der Waals surface area contributed by atoms with Gasteiger partial charge in [-0.1, -0.05) is 13.8 Å². The summed E-state index contributed by atoms with van der Waals surface area (Å²) in [6, 6.07) is 1.92. The molecule has 1 aromatic heterocycles. The van der Waals surface area contributed by atoms with Crippen LogP contribution in [0.3, 0.4) is 0 Å². The number of aromatic nitrogens is 2. The maximum Gasteiger partial charge on any atom is 0.134 e. The molecule has 0 saturated heterocycles. The molecule has 0 aromatic carbocycles. The van der Waals surface area contributed by atoms with Crippen molar-refractivity contribution in [1.82, 2.24) is 9.97 Å². The fraction of sp³-hybridized carbons (Fsp3) is 0.636. The molecule has 90 valence electrons. The molecule has 1 aromatic rings. The van der Waals surface area contributed by atoms with Gasteiger partial charge in [0, 0.05) is 32.7 Å². The summed E-state index contributed by atoms with van der Waals surface area (Å²) in [6.45, 7) is 5.67. The summed E-state index contributed by atoms with van der Waals surface area (Å²) < 4.78 is 5.87. The van der Waals surface area contributed by atoms with Gasteiger partial charge in [0.1, 0.15) is 16.2 Å². The average molecular weight is 288 g/mol. The van der Waals surface area contributed by atoms with Crippen LogP contribution in [0.4, 0.5) is 5.82 Å². The quantitative estimate of drug-likeness (QED) is 0.780. The molecular weight excluding hydrogens is 270 g/mol. The molecular formula is C11H18BrN3O. The van der Waals surface area contributed by atoms with Gasteiger partial charge in [-0.15, -0.1) is 0 Å². The van der Waals surface area contributed by atoms with Crippen LogP contribution >= 0.6 is 15.9 Å². The Kier molecular flexibility index (Phi) is 5.15. The summed E-state index contributed by atoms with van der Waals surface area (Å²) in [5, 5.41) is 0. The van der Waals surface area contributed by atoms with Gasteiger partial charge in [-0.2, -0.15) is 0 Å². The number of rotatable bonds is 5. The first-order valence-corrected chi connectivity index (χ1v) is 6.08. The highest BCUT2D eigenvalue weighted by atomic mass is 79.9. The van der Waals surface area contributed by atoms with E-state index in [9.17, 15) is 0 Å². The van der Waals surface area contributed by atoms with E-state index in [0.717, 1.165) is 22.8 Å². The van der Waals surface area contributed by atoms with Crippen LogP contribution in [0.2, 0.25) is 0 Å². The summed E-state index contributed by atoms with van der Waals surface area (Å²) in [7, 11) is 3.70. The van der Waals surface area contributed by atoms with E-state index in [0.29, 0.717) is 12.5 Å². The van der Waals surface area contributed by atoms with Gasteiger partial charge in [-0.25, -0.2) is 9.97 Å². The van der Waals surface area contributed by atoms with Crippen molar-refractivity contribution in [3.05, 3.63) is 16.5 Å². The Hall–Kier alpha value is -0.680. The second-order valence-electron chi connectivity index (χ2n) is 3.98. The lowest BCUT2D eigenvalue weighted by molar-refractivity contribution is 0.206. The van der Waals surface area contributed by atoms with Crippen LogP contribution in [-0.4, -0.2) is 37.3 Å². The van der Waals surface area contributed by atoms with Gasteiger partial charge in [0.05, 0.1) is 6.61 Å². The van der Waals surface area contributed by atoms with E-state index in [1.54, 1.807) is 7.11 Å². The Labute approximate surface area is 105 Å². The molecule has 0 bridgehead atoms. The molecule has 0 aliphatic heterocycles. The van der Waals surface area contributed by atoms with Crippen LogP contribution in [0.1, 0.15) is 25.6 Å². The van der Waals surface area contributed by atoms with Crippen LogP contribution in [-0.2, 0) is 4.74 Å². The van der Waals surface area contributed by atoms with Crippen LogP contribution in [0.15, 0.2) is 10.7 Å². The zero-order valence-electron chi connectivity index (χ0n) is 10.2. The molecule has 0 saturated carbocycles. The van der Waals surface area contributed by atoms with Crippen LogP contribution in [0.25, 0.3) is 0 Å². The van der Waals surface area contributed by atoms with Crippen molar-refractivity contribution in [2.45, 2.75) is 19.8 Å². The first-order valence-electron chi connectivity index (χ1n) is 5.29. The van der Waals surface area contributed by atoms with Gasteiger partial charge in [-0.3, -0.25) is 0 Å². The molecule has 0 radical (unpaired) electrons. The molecule has 16 heavy (non-hydrogen) atoms. The fourth-order valence-corrected chi connectivity index (χ4v) is 1.61. The third-order valence-electron chi connectivity index (χ3n) is 2.24. The molecule has 0 fully saturated rings. The monoisotopic (exact) mass is 287 g/mol. The van der Waals surface area contributed by atoms with E-state index < -0.39 is 0 Å². The molecule has 1 heterocycles. The van der Waals surface area contributed by atoms with Gasteiger partial charge >= 0.3 is 0 Å². The van der Waals surface area contributed by atoms with Gasteiger partial charge in [-0.05, 0) is 15.9 Å². The molecule has 0 N–H and O–H groups in total. The summed E-state index contributed by atoms with van der Waals surface area (Å²) in [4.78, 5) is 10.9. The Morgan fingerprint density at radius 3 is 2.69 bits per heavy atom. The number of methoxy groups -OCH3 is 1. The van der Waals surface area contributed by atoms with E-state index >= 15 is 0 Å². The molecule has 1 rings (SSSR count). The number of anilines is 1. The van der Waals surface area contributed by atoms with Crippen molar-refractivity contribution in [3.8, 4) is 0 Å². The van der Waals surface area contributed by atoms with Crippen molar-refractivity contribution >= 4 is 21.7 Å². The van der Waals surface area contributed by atoms with E-state index in [4.69, 9.17) is 4.74 Å². The van der Waals surface area contributed by atoms with E-state index in [2.05, 4.69) is 44.6 Å². The zero-order valence-corrected chi connectivity index (χ0v) is 11.8. The van der Waals surface area contributed by atoms with Crippen molar-refractivity contribution in [3.63, 3.8) is 0 Å². The average Bonchev–Trinajstić information content (AvgIpc) is 2.24. The number of hydrogen-bond acceptors (Lipinski definition) is 4. The summed E-state index contributed by atoms with van der Waals surface area (Å²) in [6.07, 6.45) is 0. The lowest BCUT2D eigenvalue weighted by Gasteiger charge is -2.19. The minimum absolute atomic E-state index is 0.326. The highest BCUT2D eigenvalue weighted by Gasteiger charge is 2.09. The number of hydrogen-bond donors (Lipinski definition) is 0. The molecule has 0 aliphatic carbocycles. The largest absolute Gasteiger partial charge is 0.383 e. The summed E-state index contributed by atoms with van der Waals surface area (Å²) in [5.74, 6) is 2.10. The SMILES string of the molecule is COCCN(C)c1cc(Br)nc(C(C)C)n1. The molecule has 0 spiro atoms. The predicted molar refractivity (Wildman–Crippen MR) is 69.0 cm³/mol. The maximum absolute atomic E-state index is 5.05. The van der Waals surface area contributed by atoms with Crippen molar-refractivity contribution < 1.29 is 4.74 Å². The Bertz CT molecular complexity index is 344. The van der Waals surface area contributed by atoms with Gasteiger partial charge < -0.3 is 9.64 Å². The van der Waals surface area contributed by atoms with Gasteiger partial charge in [0.15, 0.2) is 0 Å². The first kappa shape index (κ1) is 13.4. The molecule has 0 atom stereocenters. The Morgan fingerprint density at radius 2 is 2.12 bits per heavy atom. The second kappa shape index (κ2) is 6.15. The number of ether oxygens (including phenoxy) is 1. The van der Waals surface area contributed by atoms with Crippen molar-refractivity contribution in [1.29, 1.82) is 0 Å². The third-order valence-corrected chi connectivity index (χ3v) is 2.64. The van der Waals surface area contributed by atoms with Gasteiger partial charge in [0.25, 0.3) is 0 Å². The normalized spacial score (nSPS) is 10.9. The number of likely N-dealkylation sites (N-methyl/N-ethyl adjacent to an activating group) is 1. The van der Waals surface area contributed by atoms with E-state index in [-0.39, 0.29) is 0 Å². The zero-order chi connectivity index (χ0) is 12.1. The van der Waals surface area contributed by atoms with Crippen LogP contribution in [0.5, 0.6) is 0 Å². The Balaban J connectivity index is 2.86. The number of nitrogens with zero attached hydrogens (tertiary/aromatic N) is 3. The standard InChI is InChI=1S/C11H18BrN3O/c1-8(2)11-13-9(12)7-10(14-11)15(3)5-6-16-4/h7-8H,5-6H2,1-4H3. The molecule has 0 amide bonds. The molecule has 0 unspecified atom stereocenters. The molecule has 0 aliphatic rings. The lowest BCUT2D eigenvalue weighted by Crippen LogP contribution is -2.23. The fourth-order valence-electron chi connectivity index (χ4n) is 1.22.